The Morgan fingerprint density at radius 3 is 2.39 bits per heavy atom. The molecule has 3 rings (SSSR count). The number of nitrogens with two attached hydrogens (primary N) is 2. The van der Waals surface area contributed by atoms with Crippen molar-refractivity contribution in [2.75, 3.05) is 29.9 Å². The molecule has 0 amide bonds. The highest BCUT2D eigenvalue weighted by Gasteiger charge is 2.29. The van der Waals surface area contributed by atoms with E-state index in [1.165, 1.54) is 5.56 Å². The van der Waals surface area contributed by atoms with Crippen molar-refractivity contribution in [3.63, 3.8) is 0 Å². The number of nitrogen functional groups attached to an aromatic ring is 2. The largest absolute Gasteiger partial charge is 0.397 e. The summed E-state index contributed by atoms with van der Waals surface area (Å²) in [6, 6.07) is 9.65. The monoisotopic (exact) mass is 417 g/mol. The van der Waals surface area contributed by atoms with Crippen molar-refractivity contribution < 1.29 is 0 Å². The summed E-state index contributed by atoms with van der Waals surface area (Å²) in [6.07, 6.45) is 4.09. The first-order chi connectivity index (χ1) is 15.0. The second-order valence-electron chi connectivity index (χ2n) is 7.42. The minimum absolute atomic E-state index is 0.0329. The van der Waals surface area contributed by atoms with Crippen LogP contribution >= 0.6 is 0 Å². The van der Waals surface area contributed by atoms with Crippen LogP contribution in [0.15, 0.2) is 29.3 Å². The molecule has 1 atom stereocenters. The Morgan fingerprint density at radius 2 is 1.81 bits per heavy atom. The van der Waals surface area contributed by atoms with Crippen LogP contribution in [0.25, 0.3) is 0 Å². The Labute approximate surface area is 182 Å². The maximum atomic E-state index is 9.44. The maximum Gasteiger partial charge on any atom is 0.211 e. The van der Waals surface area contributed by atoms with Crippen LogP contribution in [0.5, 0.6) is 0 Å². The summed E-state index contributed by atoms with van der Waals surface area (Å²) >= 11 is 0. The molecule has 9 nitrogen and oxygen atoms in total. The SMILES string of the molecule is CCCN(CCC)Cc1ccc(C2N=C(NC#N)Nc3nc(N)c(C#N)c(N)c32)cc1. The average molecular weight is 418 g/mol. The normalized spacial score (nSPS) is 14.7. The first-order valence-electron chi connectivity index (χ1n) is 10.3. The third kappa shape index (κ3) is 4.68. The highest BCUT2D eigenvalue weighted by Crippen LogP contribution is 2.40. The quantitative estimate of drug-likeness (QED) is 0.396. The molecule has 0 radical (unpaired) electrons. The second kappa shape index (κ2) is 9.79. The van der Waals surface area contributed by atoms with Gasteiger partial charge >= 0.3 is 0 Å². The smallest absolute Gasteiger partial charge is 0.211 e. The van der Waals surface area contributed by atoms with E-state index < -0.39 is 6.04 Å². The van der Waals surface area contributed by atoms with Gasteiger partial charge in [0.15, 0.2) is 6.19 Å². The van der Waals surface area contributed by atoms with Gasteiger partial charge in [0.2, 0.25) is 5.96 Å². The lowest BCUT2D eigenvalue weighted by Crippen LogP contribution is -2.32. The average Bonchev–Trinajstić information content (AvgIpc) is 2.74. The van der Waals surface area contributed by atoms with Crippen LogP contribution in [0.4, 0.5) is 17.3 Å². The Hall–Kier alpha value is -3.82. The summed E-state index contributed by atoms with van der Waals surface area (Å²) in [4.78, 5) is 11.3. The van der Waals surface area contributed by atoms with E-state index >= 15 is 0 Å². The summed E-state index contributed by atoms with van der Waals surface area (Å²) in [5.41, 5.74) is 15.2. The van der Waals surface area contributed by atoms with Gasteiger partial charge in [-0.2, -0.15) is 10.5 Å². The molecule has 1 aliphatic heterocycles. The van der Waals surface area contributed by atoms with Crippen LogP contribution in [-0.4, -0.2) is 28.9 Å². The number of fused-ring (bicyclic) bond motifs is 1. The Kier molecular flexibility index (Phi) is 6.91. The Morgan fingerprint density at radius 1 is 1.13 bits per heavy atom. The first-order valence-corrected chi connectivity index (χ1v) is 10.3. The molecule has 0 saturated carbocycles. The van der Waals surface area contributed by atoms with Crippen LogP contribution in [-0.2, 0) is 6.54 Å². The summed E-state index contributed by atoms with van der Waals surface area (Å²) < 4.78 is 0. The van der Waals surface area contributed by atoms with Crippen molar-refractivity contribution in [1.82, 2.24) is 15.2 Å². The molecule has 2 aromatic rings. The zero-order valence-electron chi connectivity index (χ0n) is 17.8. The van der Waals surface area contributed by atoms with E-state index in [-0.39, 0.29) is 23.0 Å². The molecule has 6 N–H and O–H groups in total. The molecule has 2 heterocycles. The van der Waals surface area contributed by atoms with Gasteiger partial charge in [-0.05, 0) is 37.1 Å². The molecule has 0 saturated heterocycles. The van der Waals surface area contributed by atoms with Gasteiger partial charge in [0, 0.05) is 12.1 Å². The van der Waals surface area contributed by atoms with E-state index in [2.05, 4.69) is 51.5 Å². The number of rotatable bonds is 7. The van der Waals surface area contributed by atoms with Crippen LogP contribution in [0, 0.1) is 22.8 Å². The summed E-state index contributed by atoms with van der Waals surface area (Å²) in [5, 5.41) is 23.9. The molecule has 0 fully saturated rings. The van der Waals surface area contributed by atoms with Crippen molar-refractivity contribution in [2.45, 2.75) is 39.3 Å². The number of pyridine rings is 1. The molecule has 31 heavy (non-hydrogen) atoms. The molecule has 0 aliphatic carbocycles. The van der Waals surface area contributed by atoms with Crippen molar-refractivity contribution in [1.29, 1.82) is 10.5 Å². The molecule has 1 aliphatic rings. The fraction of sp³-hybridized carbons (Fsp3) is 0.364. The standard InChI is InChI=1S/C22H27N9/c1-3-9-31(10-4-2)12-14-5-7-15(8-6-14)19-17-18(25)16(11-23)20(26)29-21(17)30-22(28-19)27-13-24/h5-8,19H,3-4,9-10,12H2,1-2H3,(H6,25,26,27,28,29,30). The number of guanidine groups is 1. The lowest BCUT2D eigenvalue weighted by Gasteiger charge is -2.26. The fourth-order valence-electron chi connectivity index (χ4n) is 3.79. The van der Waals surface area contributed by atoms with Crippen molar-refractivity contribution >= 4 is 23.3 Å². The first kappa shape index (κ1) is 21.9. The van der Waals surface area contributed by atoms with Gasteiger partial charge in [-0.25, -0.2) is 9.98 Å². The molecular weight excluding hydrogens is 390 g/mol. The topological polar surface area (TPSA) is 152 Å². The molecule has 160 valence electrons. The number of aliphatic imine (C=N–C) groups is 1. The van der Waals surface area contributed by atoms with E-state index in [1.807, 2.05) is 24.4 Å². The number of hydrogen-bond donors (Lipinski definition) is 4. The Bertz CT molecular complexity index is 1040. The zero-order valence-corrected chi connectivity index (χ0v) is 17.8. The summed E-state index contributed by atoms with van der Waals surface area (Å²) in [6.45, 7) is 7.38. The van der Waals surface area contributed by atoms with Crippen LogP contribution < -0.4 is 22.1 Å². The third-order valence-corrected chi connectivity index (χ3v) is 5.14. The number of anilines is 3. The van der Waals surface area contributed by atoms with E-state index in [0.29, 0.717) is 11.4 Å². The van der Waals surface area contributed by atoms with Gasteiger partial charge in [-0.15, -0.1) is 0 Å². The zero-order chi connectivity index (χ0) is 22.4. The number of nitrogens with one attached hydrogen (secondary N) is 2. The predicted octanol–water partition coefficient (Wildman–Crippen LogP) is 2.68. The number of aromatic nitrogens is 1. The van der Waals surface area contributed by atoms with Crippen molar-refractivity contribution in [3.8, 4) is 12.3 Å². The third-order valence-electron chi connectivity index (χ3n) is 5.14. The lowest BCUT2D eigenvalue weighted by atomic mass is 9.94. The molecule has 1 unspecified atom stereocenters. The molecule has 0 spiro atoms. The van der Waals surface area contributed by atoms with E-state index in [1.54, 1.807) is 0 Å². The lowest BCUT2D eigenvalue weighted by molar-refractivity contribution is 0.266. The van der Waals surface area contributed by atoms with E-state index in [0.717, 1.165) is 38.0 Å². The van der Waals surface area contributed by atoms with Crippen molar-refractivity contribution in [3.05, 3.63) is 46.5 Å². The van der Waals surface area contributed by atoms with Gasteiger partial charge in [-0.3, -0.25) is 10.2 Å². The second-order valence-corrected chi connectivity index (χ2v) is 7.42. The molecule has 1 aromatic carbocycles. The molecule has 9 heteroatoms. The van der Waals surface area contributed by atoms with Crippen LogP contribution in [0.3, 0.4) is 0 Å². The van der Waals surface area contributed by atoms with E-state index in [4.69, 9.17) is 16.7 Å². The highest BCUT2D eigenvalue weighted by molar-refractivity contribution is 5.98. The maximum absolute atomic E-state index is 9.44. The van der Waals surface area contributed by atoms with Crippen LogP contribution in [0.2, 0.25) is 0 Å². The van der Waals surface area contributed by atoms with Crippen molar-refractivity contribution in [2.24, 2.45) is 4.99 Å². The Balaban J connectivity index is 1.98. The van der Waals surface area contributed by atoms with Gasteiger partial charge in [0.05, 0.1) is 5.69 Å². The molecule has 1 aromatic heterocycles. The molecular formula is C22H27N9. The van der Waals surface area contributed by atoms with Gasteiger partial charge < -0.3 is 16.8 Å². The number of hydrogen-bond acceptors (Lipinski definition) is 9. The van der Waals surface area contributed by atoms with Gasteiger partial charge in [-0.1, -0.05) is 38.1 Å². The summed E-state index contributed by atoms with van der Waals surface area (Å²) in [5.74, 6) is 0.663. The van der Waals surface area contributed by atoms with E-state index in [9.17, 15) is 5.26 Å². The van der Waals surface area contributed by atoms with Crippen LogP contribution in [0.1, 0.15) is 55.0 Å². The fourth-order valence-corrected chi connectivity index (χ4v) is 3.79. The number of nitriles is 2. The minimum Gasteiger partial charge on any atom is -0.397 e. The highest BCUT2D eigenvalue weighted by atomic mass is 15.2. The summed E-state index contributed by atoms with van der Waals surface area (Å²) in [7, 11) is 0. The minimum atomic E-state index is -0.524. The van der Waals surface area contributed by atoms with Gasteiger partial charge in [0.1, 0.15) is 29.3 Å². The molecule has 0 bridgehead atoms. The predicted molar refractivity (Wildman–Crippen MR) is 122 cm³/mol. The number of nitrogens with zero attached hydrogens (tertiary/aromatic N) is 5. The number of benzene rings is 1. The van der Waals surface area contributed by atoms with Gasteiger partial charge in [0.25, 0.3) is 0 Å².